The molecule has 3 rings (SSSR count). The van der Waals surface area contributed by atoms with Gasteiger partial charge in [-0.3, -0.25) is 4.98 Å². The average Bonchev–Trinajstić information content (AvgIpc) is 2.67. The topological polar surface area (TPSA) is 80.7 Å². The number of ether oxygens (including phenoxy) is 2. The Hall–Kier alpha value is -2.70. The van der Waals surface area contributed by atoms with Crippen LogP contribution in [0.25, 0.3) is 21.7 Å². The number of fused-ring (bicyclic) bond motifs is 3. The number of anilines is 1. The highest BCUT2D eigenvalue weighted by Gasteiger charge is 2.17. The molecule has 0 aliphatic carbocycles. The van der Waals surface area contributed by atoms with E-state index in [0.717, 1.165) is 21.7 Å². The summed E-state index contributed by atoms with van der Waals surface area (Å²) >= 11 is 0. The fourth-order valence-electron chi connectivity index (χ4n) is 2.90. The number of rotatable bonds is 8. The van der Waals surface area contributed by atoms with Crippen molar-refractivity contribution in [2.75, 3.05) is 38.3 Å². The summed E-state index contributed by atoms with van der Waals surface area (Å²) in [6.07, 6.45) is 1.56. The molecule has 0 radical (unpaired) electrons. The Morgan fingerprint density at radius 2 is 2.00 bits per heavy atom. The van der Waals surface area contributed by atoms with Gasteiger partial charge in [0.05, 0.1) is 37.6 Å². The number of aliphatic hydroxyl groups excluding tert-OH is 1. The monoisotopic (exact) mass is 354 g/mol. The summed E-state index contributed by atoms with van der Waals surface area (Å²) in [7, 11) is 0. The van der Waals surface area contributed by atoms with E-state index in [4.69, 9.17) is 14.6 Å². The van der Waals surface area contributed by atoms with Crippen molar-refractivity contribution in [3.8, 4) is 0 Å². The first kappa shape index (κ1) is 18.1. The molecule has 136 valence electrons. The first-order chi connectivity index (χ1) is 12.8. The Bertz CT molecular complexity index is 911. The minimum Gasteiger partial charge on any atom is -0.462 e. The van der Waals surface area contributed by atoms with E-state index in [-0.39, 0.29) is 13.2 Å². The normalized spacial score (nSPS) is 11.0. The van der Waals surface area contributed by atoms with Crippen molar-refractivity contribution >= 4 is 33.3 Å². The number of aliphatic hydroxyl groups is 1. The predicted molar refractivity (Wildman–Crippen MR) is 102 cm³/mol. The predicted octanol–water partition coefficient (Wildman–Crippen LogP) is 2.99. The zero-order valence-electron chi connectivity index (χ0n) is 14.7. The second-order valence-electron chi connectivity index (χ2n) is 5.71. The van der Waals surface area contributed by atoms with Gasteiger partial charge in [-0.25, -0.2) is 4.79 Å². The Morgan fingerprint density at radius 3 is 2.81 bits per heavy atom. The van der Waals surface area contributed by atoms with E-state index in [2.05, 4.69) is 10.3 Å². The molecule has 26 heavy (non-hydrogen) atoms. The van der Waals surface area contributed by atoms with Gasteiger partial charge in [-0.15, -0.1) is 0 Å². The van der Waals surface area contributed by atoms with Crippen LogP contribution in [0.1, 0.15) is 17.3 Å². The summed E-state index contributed by atoms with van der Waals surface area (Å²) in [5, 5.41) is 15.0. The molecule has 0 spiro atoms. The molecular formula is C20H22N2O4. The van der Waals surface area contributed by atoms with Gasteiger partial charge in [0.25, 0.3) is 0 Å². The minimum atomic E-state index is -0.408. The second-order valence-corrected chi connectivity index (χ2v) is 5.71. The molecule has 3 aromatic rings. The molecule has 0 aliphatic rings. The van der Waals surface area contributed by atoms with E-state index < -0.39 is 5.97 Å². The van der Waals surface area contributed by atoms with Crippen LogP contribution in [0.5, 0.6) is 0 Å². The summed E-state index contributed by atoms with van der Waals surface area (Å²) in [5.41, 5.74) is 1.92. The summed E-state index contributed by atoms with van der Waals surface area (Å²) in [6.45, 7) is 3.26. The Morgan fingerprint density at radius 1 is 1.15 bits per heavy atom. The number of esters is 1. The second kappa shape index (κ2) is 8.60. The lowest BCUT2D eigenvalue weighted by molar-refractivity contribution is 0.0527. The smallest absolute Gasteiger partial charge is 0.341 e. The lowest BCUT2D eigenvalue weighted by Gasteiger charge is -2.15. The van der Waals surface area contributed by atoms with Crippen molar-refractivity contribution in [3.05, 3.63) is 48.2 Å². The number of nitrogens with one attached hydrogen (secondary N) is 1. The van der Waals surface area contributed by atoms with Gasteiger partial charge in [-0.05, 0) is 12.3 Å². The third-order valence-electron chi connectivity index (χ3n) is 4.04. The van der Waals surface area contributed by atoms with Gasteiger partial charge in [-0.2, -0.15) is 0 Å². The zero-order chi connectivity index (χ0) is 18.4. The lowest BCUT2D eigenvalue weighted by Crippen LogP contribution is -2.15. The van der Waals surface area contributed by atoms with Gasteiger partial charge in [0.1, 0.15) is 5.56 Å². The van der Waals surface area contributed by atoms with Crippen LogP contribution in [0.3, 0.4) is 0 Å². The van der Waals surface area contributed by atoms with Crippen molar-refractivity contribution < 1.29 is 19.4 Å². The molecular weight excluding hydrogens is 332 g/mol. The number of pyridine rings is 1. The maximum atomic E-state index is 12.3. The standard InChI is InChI=1S/C20H22N2O4/c1-2-26-20(24)17-13-22-18-15-6-4-3-5-14(15)7-8-16(18)19(17)21-9-11-25-12-10-23/h3-8,13,23H,2,9-12H2,1H3,(H,21,22). The maximum absolute atomic E-state index is 12.3. The maximum Gasteiger partial charge on any atom is 0.341 e. The van der Waals surface area contributed by atoms with Gasteiger partial charge < -0.3 is 19.9 Å². The molecule has 1 heterocycles. The molecule has 2 N–H and O–H groups in total. The summed E-state index contributed by atoms with van der Waals surface area (Å²) in [4.78, 5) is 16.9. The van der Waals surface area contributed by atoms with Crippen LogP contribution in [-0.2, 0) is 9.47 Å². The average molecular weight is 354 g/mol. The van der Waals surface area contributed by atoms with E-state index in [9.17, 15) is 4.79 Å². The third-order valence-corrected chi connectivity index (χ3v) is 4.04. The summed E-state index contributed by atoms with van der Waals surface area (Å²) in [5.74, 6) is -0.408. The van der Waals surface area contributed by atoms with Gasteiger partial charge in [0.2, 0.25) is 0 Å². The van der Waals surface area contributed by atoms with Crippen molar-refractivity contribution in [3.63, 3.8) is 0 Å². The van der Waals surface area contributed by atoms with Gasteiger partial charge in [0.15, 0.2) is 0 Å². The van der Waals surface area contributed by atoms with E-state index in [1.807, 2.05) is 36.4 Å². The number of hydrogen-bond donors (Lipinski definition) is 2. The van der Waals surface area contributed by atoms with E-state index >= 15 is 0 Å². The van der Waals surface area contributed by atoms with Crippen molar-refractivity contribution in [1.82, 2.24) is 4.98 Å². The zero-order valence-corrected chi connectivity index (χ0v) is 14.7. The number of benzene rings is 2. The van der Waals surface area contributed by atoms with Gasteiger partial charge in [0, 0.05) is 23.5 Å². The van der Waals surface area contributed by atoms with Gasteiger partial charge in [-0.1, -0.05) is 36.4 Å². The molecule has 0 amide bonds. The van der Waals surface area contributed by atoms with Gasteiger partial charge >= 0.3 is 5.97 Å². The lowest BCUT2D eigenvalue weighted by atomic mass is 10.0. The molecule has 6 nitrogen and oxygen atoms in total. The first-order valence-electron chi connectivity index (χ1n) is 8.66. The Balaban J connectivity index is 2.03. The number of carbonyl (C=O) groups is 1. The molecule has 0 bridgehead atoms. The highest BCUT2D eigenvalue weighted by molar-refractivity contribution is 6.13. The van der Waals surface area contributed by atoms with Crippen LogP contribution in [0.4, 0.5) is 5.69 Å². The van der Waals surface area contributed by atoms with E-state index in [0.29, 0.717) is 31.0 Å². The number of hydrogen-bond acceptors (Lipinski definition) is 6. The molecule has 0 aliphatic heterocycles. The van der Waals surface area contributed by atoms with Crippen LogP contribution < -0.4 is 5.32 Å². The molecule has 0 saturated heterocycles. The first-order valence-corrected chi connectivity index (χ1v) is 8.66. The highest BCUT2D eigenvalue weighted by Crippen LogP contribution is 2.31. The quantitative estimate of drug-likeness (QED) is 0.368. The van der Waals surface area contributed by atoms with Crippen LogP contribution in [0, 0.1) is 0 Å². The third kappa shape index (κ3) is 3.76. The van der Waals surface area contributed by atoms with Crippen LogP contribution in [0.15, 0.2) is 42.6 Å². The molecule has 0 unspecified atom stereocenters. The SMILES string of the molecule is CCOC(=O)c1cnc2c(ccc3ccccc32)c1NCCOCCO. The molecule has 6 heteroatoms. The van der Waals surface area contributed by atoms with Crippen molar-refractivity contribution in [2.45, 2.75) is 6.92 Å². The molecule has 0 fully saturated rings. The summed E-state index contributed by atoms with van der Waals surface area (Å²) in [6, 6.07) is 12.0. The number of aromatic nitrogens is 1. The molecule has 2 aromatic carbocycles. The fraction of sp³-hybridized carbons (Fsp3) is 0.300. The van der Waals surface area contributed by atoms with Crippen LogP contribution in [-0.4, -0.2) is 49.0 Å². The number of carbonyl (C=O) groups excluding carboxylic acids is 1. The fourth-order valence-corrected chi connectivity index (χ4v) is 2.90. The summed E-state index contributed by atoms with van der Waals surface area (Å²) < 4.78 is 10.5. The number of nitrogens with zero attached hydrogens (tertiary/aromatic N) is 1. The van der Waals surface area contributed by atoms with E-state index in [1.54, 1.807) is 13.1 Å². The molecule has 0 atom stereocenters. The Labute approximate surface area is 151 Å². The van der Waals surface area contributed by atoms with Crippen molar-refractivity contribution in [2.24, 2.45) is 0 Å². The minimum absolute atomic E-state index is 0.0156. The van der Waals surface area contributed by atoms with Crippen molar-refractivity contribution in [1.29, 1.82) is 0 Å². The largest absolute Gasteiger partial charge is 0.462 e. The van der Waals surface area contributed by atoms with E-state index in [1.165, 1.54) is 0 Å². The molecule has 0 saturated carbocycles. The molecule has 1 aromatic heterocycles. The Kier molecular flexibility index (Phi) is 5.99. The van der Waals surface area contributed by atoms with Crippen LogP contribution in [0.2, 0.25) is 0 Å². The highest BCUT2D eigenvalue weighted by atomic mass is 16.5. The van der Waals surface area contributed by atoms with Crippen LogP contribution >= 0.6 is 0 Å².